The molecular formula is C20H18N2OS. The summed E-state index contributed by atoms with van der Waals surface area (Å²) in [5.41, 5.74) is 3.09. The molecule has 1 N–H and O–H groups in total. The minimum Gasteiger partial charge on any atom is -0.497 e. The summed E-state index contributed by atoms with van der Waals surface area (Å²) >= 11 is 1.61. The Kier molecular flexibility index (Phi) is 5.15. The molecule has 0 aliphatic heterocycles. The van der Waals surface area contributed by atoms with E-state index >= 15 is 0 Å². The van der Waals surface area contributed by atoms with Gasteiger partial charge in [-0.15, -0.1) is 0 Å². The maximum absolute atomic E-state index is 9.78. The first-order valence-electron chi connectivity index (χ1n) is 7.69. The van der Waals surface area contributed by atoms with Crippen LogP contribution in [-0.2, 0) is 0 Å². The lowest BCUT2D eigenvalue weighted by atomic mass is 9.89. The van der Waals surface area contributed by atoms with Crippen molar-refractivity contribution in [3.8, 4) is 11.8 Å². The lowest BCUT2D eigenvalue weighted by molar-refractivity contribution is 0.415. The number of nitrogens with one attached hydrogen (secondary N) is 1. The van der Waals surface area contributed by atoms with Crippen molar-refractivity contribution in [2.75, 3.05) is 12.4 Å². The molecule has 0 aliphatic carbocycles. The van der Waals surface area contributed by atoms with Crippen molar-refractivity contribution in [3.63, 3.8) is 0 Å². The van der Waals surface area contributed by atoms with Crippen molar-refractivity contribution in [2.45, 2.75) is 12.0 Å². The number of hydrogen-bond donors (Lipinski definition) is 1. The molecule has 3 aromatic rings. The van der Waals surface area contributed by atoms with Crippen LogP contribution >= 0.6 is 11.3 Å². The number of anilines is 1. The Bertz CT molecular complexity index is 792. The number of hydrogen-bond acceptors (Lipinski definition) is 4. The van der Waals surface area contributed by atoms with E-state index in [1.54, 1.807) is 18.4 Å². The predicted molar refractivity (Wildman–Crippen MR) is 98.5 cm³/mol. The van der Waals surface area contributed by atoms with Gasteiger partial charge >= 0.3 is 0 Å². The summed E-state index contributed by atoms with van der Waals surface area (Å²) in [5.74, 6) is 0.548. The van der Waals surface area contributed by atoms with Crippen molar-refractivity contribution in [2.24, 2.45) is 0 Å². The Morgan fingerprint density at radius 2 is 1.75 bits per heavy atom. The molecule has 0 spiro atoms. The number of methoxy groups -OCH3 is 1. The molecule has 0 amide bonds. The van der Waals surface area contributed by atoms with Crippen molar-refractivity contribution in [1.29, 1.82) is 5.26 Å². The van der Waals surface area contributed by atoms with Gasteiger partial charge in [-0.25, -0.2) is 0 Å². The average Bonchev–Trinajstić information content (AvgIpc) is 3.17. The Morgan fingerprint density at radius 3 is 2.33 bits per heavy atom. The zero-order valence-corrected chi connectivity index (χ0v) is 14.2. The fourth-order valence-electron chi connectivity index (χ4n) is 2.68. The Morgan fingerprint density at radius 1 is 1.00 bits per heavy atom. The molecule has 1 heterocycles. The van der Waals surface area contributed by atoms with E-state index in [4.69, 9.17) is 4.74 Å². The van der Waals surface area contributed by atoms with E-state index in [0.29, 0.717) is 0 Å². The highest BCUT2D eigenvalue weighted by Crippen LogP contribution is 2.34. The number of nitriles is 1. The van der Waals surface area contributed by atoms with Crippen LogP contribution in [0.5, 0.6) is 5.75 Å². The molecule has 0 saturated carbocycles. The van der Waals surface area contributed by atoms with Crippen LogP contribution in [0.2, 0.25) is 0 Å². The maximum Gasteiger partial charge on any atom is 0.119 e. The molecule has 0 fully saturated rings. The van der Waals surface area contributed by atoms with E-state index in [1.165, 1.54) is 0 Å². The van der Waals surface area contributed by atoms with E-state index in [-0.39, 0.29) is 12.0 Å². The highest BCUT2D eigenvalue weighted by molar-refractivity contribution is 7.08. The SMILES string of the molecule is COc1ccc(N[C@H](c2ccccc2)[C@@H](C#N)c2ccsc2)cc1. The van der Waals surface area contributed by atoms with Crippen LogP contribution in [0.4, 0.5) is 5.69 Å². The highest BCUT2D eigenvalue weighted by atomic mass is 32.1. The van der Waals surface area contributed by atoms with Gasteiger partial charge in [0, 0.05) is 5.69 Å². The number of nitrogens with zero attached hydrogens (tertiary/aromatic N) is 1. The highest BCUT2D eigenvalue weighted by Gasteiger charge is 2.25. The molecule has 2 aromatic carbocycles. The number of ether oxygens (including phenoxy) is 1. The predicted octanol–water partition coefficient (Wildman–Crippen LogP) is 5.22. The first-order chi connectivity index (χ1) is 11.8. The van der Waals surface area contributed by atoms with Gasteiger partial charge in [0.2, 0.25) is 0 Å². The largest absolute Gasteiger partial charge is 0.497 e. The average molecular weight is 334 g/mol. The summed E-state index contributed by atoms with van der Waals surface area (Å²) in [6.07, 6.45) is 0. The van der Waals surface area contributed by atoms with Crippen LogP contribution in [0.15, 0.2) is 71.4 Å². The van der Waals surface area contributed by atoms with E-state index in [9.17, 15) is 5.26 Å². The summed E-state index contributed by atoms with van der Waals surface area (Å²) in [7, 11) is 1.65. The molecule has 3 nitrogen and oxygen atoms in total. The first-order valence-corrected chi connectivity index (χ1v) is 8.63. The summed E-state index contributed by atoms with van der Waals surface area (Å²) < 4.78 is 5.21. The molecule has 3 rings (SSSR count). The van der Waals surface area contributed by atoms with Crippen molar-refractivity contribution in [3.05, 3.63) is 82.6 Å². The standard InChI is InChI=1S/C20H18N2OS/c1-23-18-9-7-17(8-10-18)22-20(15-5-3-2-4-6-15)19(13-21)16-11-12-24-14-16/h2-12,14,19-20,22H,1H3/t19-,20+/m0/s1. The molecule has 24 heavy (non-hydrogen) atoms. The minimum atomic E-state index is -0.263. The molecule has 0 unspecified atom stereocenters. The molecule has 0 saturated heterocycles. The van der Waals surface area contributed by atoms with Gasteiger partial charge < -0.3 is 10.1 Å². The molecule has 120 valence electrons. The summed E-state index contributed by atoms with van der Waals surface area (Å²) in [4.78, 5) is 0. The van der Waals surface area contributed by atoms with Crippen LogP contribution in [0.25, 0.3) is 0 Å². The van der Waals surface area contributed by atoms with Gasteiger partial charge in [0.15, 0.2) is 0 Å². The lowest BCUT2D eigenvalue weighted by Crippen LogP contribution is -2.18. The third-order valence-corrected chi connectivity index (χ3v) is 4.65. The zero-order valence-electron chi connectivity index (χ0n) is 13.3. The van der Waals surface area contributed by atoms with Crippen LogP contribution in [0.1, 0.15) is 23.1 Å². The van der Waals surface area contributed by atoms with Crippen molar-refractivity contribution in [1.82, 2.24) is 0 Å². The second-order valence-corrected chi connectivity index (χ2v) is 6.20. The number of thiophene rings is 1. The summed E-state index contributed by atoms with van der Waals surface area (Å²) in [6.45, 7) is 0. The van der Waals surface area contributed by atoms with Gasteiger partial charge in [-0.2, -0.15) is 16.6 Å². The summed E-state index contributed by atoms with van der Waals surface area (Å²) in [6, 6.07) is 22.2. The fraction of sp³-hybridized carbons (Fsp3) is 0.150. The molecule has 2 atom stereocenters. The van der Waals surface area contributed by atoms with E-state index < -0.39 is 0 Å². The van der Waals surface area contributed by atoms with Crippen molar-refractivity contribution < 1.29 is 4.74 Å². The third-order valence-electron chi connectivity index (χ3n) is 3.95. The van der Waals surface area contributed by atoms with E-state index in [0.717, 1.165) is 22.6 Å². The zero-order chi connectivity index (χ0) is 16.8. The van der Waals surface area contributed by atoms with Crippen LogP contribution in [0, 0.1) is 11.3 Å². The normalized spacial score (nSPS) is 12.8. The van der Waals surface area contributed by atoms with Gasteiger partial charge in [0.25, 0.3) is 0 Å². The molecule has 0 radical (unpaired) electrons. The Hall–Kier alpha value is -2.77. The second-order valence-electron chi connectivity index (χ2n) is 5.42. The van der Waals surface area contributed by atoms with Crippen LogP contribution in [0.3, 0.4) is 0 Å². The maximum atomic E-state index is 9.78. The van der Waals surface area contributed by atoms with Crippen LogP contribution in [-0.4, -0.2) is 7.11 Å². The molecule has 0 bridgehead atoms. The number of rotatable bonds is 6. The quantitative estimate of drug-likeness (QED) is 0.672. The molecular weight excluding hydrogens is 316 g/mol. The monoisotopic (exact) mass is 334 g/mol. The molecule has 1 aromatic heterocycles. The van der Waals surface area contributed by atoms with Gasteiger partial charge in [-0.05, 0) is 52.2 Å². The van der Waals surface area contributed by atoms with Crippen LogP contribution < -0.4 is 10.1 Å². The van der Waals surface area contributed by atoms with Gasteiger partial charge in [0.1, 0.15) is 5.75 Å². The Balaban J connectivity index is 1.94. The molecule has 4 heteroatoms. The minimum absolute atomic E-state index is 0.126. The summed E-state index contributed by atoms with van der Waals surface area (Å²) in [5, 5.41) is 17.3. The first kappa shape index (κ1) is 16.1. The topological polar surface area (TPSA) is 45.0 Å². The fourth-order valence-corrected chi connectivity index (χ4v) is 3.38. The van der Waals surface area contributed by atoms with Crippen molar-refractivity contribution >= 4 is 17.0 Å². The Labute approximate surface area is 146 Å². The molecule has 0 aliphatic rings. The van der Waals surface area contributed by atoms with E-state index in [2.05, 4.69) is 23.5 Å². The van der Waals surface area contributed by atoms with E-state index in [1.807, 2.05) is 59.3 Å². The van der Waals surface area contributed by atoms with Gasteiger partial charge in [-0.1, -0.05) is 30.3 Å². The third kappa shape index (κ3) is 3.58. The smallest absolute Gasteiger partial charge is 0.119 e. The lowest BCUT2D eigenvalue weighted by Gasteiger charge is -2.24. The van der Waals surface area contributed by atoms with Gasteiger partial charge in [0.05, 0.1) is 25.1 Å². The number of benzene rings is 2. The van der Waals surface area contributed by atoms with Gasteiger partial charge in [-0.3, -0.25) is 0 Å². The second kappa shape index (κ2) is 7.67.